The van der Waals surface area contributed by atoms with Crippen LogP contribution in [0.2, 0.25) is 0 Å². The minimum Gasteiger partial charge on any atom is -0.349 e. The van der Waals surface area contributed by atoms with E-state index in [0.29, 0.717) is 12.4 Å². The molecule has 0 radical (unpaired) electrons. The summed E-state index contributed by atoms with van der Waals surface area (Å²) in [6.45, 7) is 3.76. The molecule has 2 aromatic rings. The molecule has 1 saturated heterocycles. The van der Waals surface area contributed by atoms with Crippen LogP contribution in [0.5, 0.6) is 0 Å². The number of nitrogens with one attached hydrogen (secondary N) is 1. The van der Waals surface area contributed by atoms with Crippen molar-refractivity contribution in [3.8, 4) is 0 Å². The predicted octanol–water partition coefficient (Wildman–Crippen LogP) is 1.29. The standard InChI is InChI=1S/C16H20N4O2/c1-12(21)17-10-15-18-13-6-2-3-7-14(13)20(15)11-16(22)19-8-4-5-9-19/h2-3,6-7H,4-5,8-11H2,1H3,(H,17,21). The lowest BCUT2D eigenvalue weighted by molar-refractivity contribution is -0.130. The van der Waals surface area contributed by atoms with Gasteiger partial charge >= 0.3 is 0 Å². The molecule has 0 spiro atoms. The number of fused-ring (bicyclic) bond motifs is 1. The van der Waals surface area contributed by atoms with Crippen molar-refractivity contribution in [2.75, 3.05) is 13.1 Å². The first-order valence-corrected chi connectivity index (χ1v) is 7.61. The summed E-state index contributed by atoms with van der Waals surface area (Å²) in [5, 5.41) is 2.76. The van der Waals surface area contributed by atoms with Crippen LogP contribution in [0.3, 0.4) is 0 Å². The van der Waals surface area contributed by atoms with E-state index >= 15 is 0 Å². The normalized spacial score (nSPS) is 14.5. The van der Waals surface area contributed by atoms with Crippen molar-refractivity contribution in [2.24, 2.45) is 0 Å². The summed E-state index contributed by atoms with van der Waals surface area (Å²) < 4.78 is 1.91. The highest BCUT2D eigenvalue weighted by atomic mass is 16.2. The highest BCUT2D eigenvalue weighted by Crippen LogP contribution is 2.17. The molecule has 3 rings (SSSR count). The summed E-state index contributed by atoms with van der Waals surface area (Å²) in [5.74, 6) is 0.721. The molecule has 1 aliphatic rings. The molecular weight excluding hydrogens is 280 g/mol. The van der Waals surface area contributed by atoms with Gasteiger partial charge in [-0.1, -0.05) is 12.1 Å². The van der Waals surface area contributed by atoms with Crippen molar-refractivity contribution in [1.29, 1.82) is 0 Å². The number of amides is 2. The number of rotatable bonds is 4. The van der Waals surface area contributed by atoms with Gasteiger partial charge in [0.05, 0.1) is 17.6 Å². The first-order chi connectivity index (χ1) is 10.6. The second kappa shape index (κ2) is 6.17. The van der Waals surface area contributed by atoms with Crippen molar-refractivity contribution in [3.63, 3.8) is 0 Å². The van der Waals surface area contributed by atoms with Crippen molar-refractivity contribution in [3.05, 3.63) is 30.1 Å². The Morgan fingerprint density at radius 3 is 2.68 bits per heavy atom. The Morgan fingerprint density at radius 2 is 1.95 bits per heavy atom. The molecule has 0 unspecified atom stereocenters. The number of hydrogen-bond donors (Lipinski definition) is 1. The molecule has 0 atom stereocenters. The van der Waals surface area contributed by atoms with Crippen LogP contribution < -0.4 is 5.32 Å². The number of benzene rings is 1. The first kappa shape index (κ1) is 14.6. The number of carbonyl (C=O) groups is 2. The van der Waals surface area contributed by atoms with Gasteiger partial charge in [-0.3, -0.25) is 9.59 Å². The van der Waals surface area contributed by atoms with Crippen LogP contribution in [-0.2, 0) is 22.7 Å². The third-order valence-electron chi connectivity index (χ3n) is 3.98. The predicted molar refractivity (Wildman–Crippen MR) is 83.1 cm³/mol. The molecule has 2 heterocycles. The Hall–Kier alpha value is -2.37. The van der Waals surface area contributed by atoms with E-state index in [1.54, 1.807) is 0 Å². The van der Waals surface area contributed by atoms with Gasteiger partial charge in [0.1, 0.15) is 12.4 Å². The quantitative estimate of drug-likeness (QED) is 0.925. The van der Waals surface area contributed by atoms with Gasteiger partial charge in [-0.05, 0) is 25.0 Å². The van der Waals surface area contributed by atoms with E-state index in [1.807, 2.05) is 33.7 Å². The molecule has 0 bridgehead atoms. The zero-order valence-electron chi connectivity index (χ0n) is 12.7. The maximum absolute atomic E-state index is 12.4. The van der Waals surface area contributed by atoms with E-state index in [9.17, 15) is 9.59 Å². The first-order valence-electron chi connectivity index (χ1n) is 7.61. The summed E-state index contributed by atoms with van der Waals surface area (Å²) in [5.41, 5.74) is 1.77. The zero-order chi connectivity index (χ0) is 15.5. The molecule has 0 saturated carbocycles. The van der Waals surface area contributed by atoms with E-state index in [1.165, 1.54) is 6.92 Å². The summed E-state index contributed by atoms with van der Waals surface area (Å²) >= 11 is 0. The second-order valence-corrected chi connectivity index (χ2v) is 5.60. The van der Waals surface area contributed by atoms with Crippen LogP contribution in [0, 0.1) is 0 Å². The Balaban J connectivity index is 1.89. The number of aromatic nitrogens is 2. The topological polar surface area (TPSA) is 67.2 Å². The van der Waals surface area contributed by atoms with Gasteiger partial charge in [0, 0.05) is 20.0 Å². The van der Waals surface area contributed by atoms with Gasteiger partial charge in [0.15, 0.2) is 0 Å². The van der Waals surface area contributed by atoms with Gasteiger partial charge in [0.25, 0.3) is 0 Å². The van der Waals surface area contributed by atoms with Crippen molar-refractivity contribution < 1.29 is 9.59 Å². The van der Waals surface area contributed by atoms with Crippen molar-refractivity contribution in [2.45, 2.75) is 32.9 Å². The van der Waals surface area contributed by atoms with Crippen LogP contribution in [0.15, 0.2) is 24.3 Å². The molecule has 1 aromatic carbocycles. The average Bonchev–Trinajstić information content (AvgIpc) is 3.13. The lowest BCUT2D eigenvalue weighted by atomic mass is 10.3. The number of carbonyl (C=O) groups excluding carboxylic acids is 2. The van der Waals surface area contributed by atoms with Gasteiger partial charge in [0.2, 0.25) is 11.8 Å². The van der Waals surface area contributed by atoms with Gasteiger partial charge in [-0.2, -0.15) is 0 Å². The summed E-state index contributed by atoms with van der Waals surface area (Å²) in [6, 6.07) is 7.73. The highest BCUT2D eigenvalue weighted by molar-refractivity contribution is 5.81. The fraction of sp³-hybridized carbons (Fsp3) is 0.438. The van der Waals surface area contributed by atoms with E-state index in [-0.39, 0.29) is 18.4 Å². The van der Waals surface area contributed by atoms with E-state index in [4.69, 9.17) is 0 Å². The molecule has 6 nitrogen and oxygen atoms in total. The summed E-state index contributed by atoms with van der Waals surface area (Å²) in [7, 11) is 0. The number of imidazole rings is 1. The molecule has 6 heteroatoms. The van der Waals surface area contributed by atoms with Crippen molar-refractivity contribution >= 4 is 22.8 Å². The maximum atomic E-state index is 12.4. The van der Waals surface area contributed by atoms with Crippen molar-refractivity contribution in [1.82, 2.24) is 19.8 Å². The summed E-state index contributed by atoms with van der Waals surface area (Å²) in [6.07, 6.45) is 2.16. The Bertz CT molecular complexity index is 701. The monoisotopic (exact) mass is 300 g/mol. The Kier molecular flexibility index (Phi) is 4.09. The smallest absolute Gasteiger partial charge is 0.242 e. The Labute approximate surface area is 129 Å². The number of likely N-dealkylation sites (tertiary alicyclic amines) is 1. The fourth-order valence-corrected chi connectivity index (χ4v) is 2.84. The van der Waals surface area contributed by atoms with Crippen LogP contribution >= 0.6 is 0 Å². The van der Waals surface area contributed by atoms with Crippen LogP contribution in [0.4, 0.5) is 0 Å². The fourth-order valence-electron chi connectivity index (χ4n) is 2.84. The third kappa shape index (κ3) is 2.95. The van der Waals surface area contributed by atoms with Crippen LogP contribution in [0.1, 0.15) is 25.6 Å². The minimum absolute atomic E-state index is 0.107. The number of hydrogen-bond acceptors (Lipinski definition) is 3. The van der Waals surface area contributed by atoms with Crippen LogP contribution in [-0.4, -0.2) is 39.4 Å². The number of para-hydroxylation sites is 2. The zero-order valence-corrected chi connectivity index (χ0v) is 12.7. The second-order valence-electron chi connectivity index (χ2n) is 5.60. The minimum atomic E-state index is -0.107. The highest BCUT2D eigenvalue weighted by Gasteiger charge is 2.20. The molecule has 1 N–H and O–H groups in total. The van der Waals surface area contributed by atoms with E-state index < -0.39 is 0 Å². The molecule has 1 aliphatic heterocycles. The molecular formula is C16H20N4O2. The van der Waals surface area contributed by atoms with Crippen LogP contribution in [0.25, 0.3) is 11.0 Å². The van der Waals surface area contributed by atoms with Gasteiger partial charge in [-0.25, -0.2) is 4.98 Å². The molecule has 116 valence electrons. The molecule has 22 heavy (non-hydrogen) atoms. The molecule has 2 amide bonds. The SMILES string of the molecule is CC(=O)NCc1nc2ccccc2n1CC(=O)N1CCCC1. The Morgan fingerprint density at radius 1 is 1.23 bits per heavy atom. The lowest BCUT2D eigenvalue weighted by Crippen LogP contribution is -2.32. The molecule has 0 aliphatic carbocycles. The number of nitrogens with zero attached hydrogens (tertiary/aromatic N) is 3. The molecule has 1 aromatic heterocycles. The van der Waals surface area contributed by atoms with E-state index in [0.717, 1.165) is 37.0 Å². The average molecular weight is 300 g/mol. The van der Waals surface area contributed by atoms with E-state index in [2.05, 4.69) is 10.3 Å². The lowest BCUT2D eigenvalue weighted by Gasteiger charge is -2.17. The van der Waals surface area contributed by atoms with Gasteiger partial charge < -0.3 is 14.8 Å². The van der Waals surface area contributed by atoms with Gasteiger partial charge in [-0.15, -0.1) is 0 Å². The maximum Gasteiger partial charge on any atom is 0.242 e. The molecule has 1 fully saturated rings. The summed E-state index contributed by atoms with van der Waals surface area (Å²) in [4.78, 5) is 30.0. The largest absolute Gasteiger partial charge is 0.349 e. The third-order valence-corrected chi connectivity index (χ3v) is 3.98.